The maximum Gasteiger partial charge on any atom is 0.322 e. The highest BCUT2D eigenvalue weighted by atomic mass is 16.4. The van der Waals surface area contributed by atoms with E-state index in [2.05, 4.69) is 5.32 Å². The first-order valence-electron chi connectivity index (χ1n) is 7.37. The zero-order valence-corrected chi connectivity index (χ0v) is 13.4. The van der Waals surface area contributed by atoms with Gasteiger partial charge in [0.1, 0.15) is 6.54 Å². The van der Waals surface area contributed by atoms with Gasteiger partial charge in [0.2, 0.25) is 5.91 Å². The summed E-state index contributed by atoms with van der Waals surface area (Å²) in [5.74, 6) is -1.39. The summed E-state index contributed by atoms with van der Waals surface area (Å²) < 4.78 is 0. The SMILES string of the molecule is CN(C)C(=O)CCCC=Cc1cccc(C(=O)NCC(=O)O)c1. The third kappa shape index (κ3) is 7.26. The fraction of sp³-hybridized carbons (Fsp3) is 0.353. The van der Waals surface area contributed by atoms with Gasteiger partial charge in [-0.25, -0.2) is 0 Å². The molecule has 0 radical (unpaired) electrons. The summed E-state index contributed by atoms with van der Waals surface area (Å²) in [4.78, 5) is 35.2. The van der Waals surface area contributed by atoms with Crippen molar-refractivity contribution in [3.05, 3.63) is 41.5 Å². The minimum atomic E-state index is -1.08. The molecular weight excluding hydrogens is 296 g/mol. The van der Waals surface area contributed by atoms with Crippen LogP contribution >= 0.6 is 0 Å². The summed E-state index contributed by atoms with van der Waals surface area (Å²) >= 11 is 0. The summed E-state index contributed by atoms with van der Waals surface area (Å²) in [6.45, 7) is -0.404. The number of carboxylic acids is 1. The van der Waals surface area contributed by atoms with Crippen LogP contribution in [0.15, 0.2) is 30.3 Å². The molecule has 1 aromatic rings. The zero-order chi connectivity index (χ0) is 17.2. The van der Waals surface area contributed by atoms with E-state index >= 15 is 0 Å². The largest absolute Gasteiger partial charge is 0.480 e. The number of hydrogen-bond donors (Lipinski definition) is 2. The standard InChI is InChI=1S/C17H22N2O4/c1-19(2)15(20)10-5-3-4-7-13-8-6-9-14(11-13)17(23)18-12-16(21)22/h4,6-9,11H,3,5,10,12H2,1-2H3,(H,18,23)(H,21,22). The van der Waals surface area contributed by atoms with E-state index in [1.165, 1.54) is 0 Å². The highest BCUT2D eigenvalue weighted by Gasteiger charge is 2.07. The van der Waals surface area contributed by atoms with Gasteiger partial charge in [0.05, 0.1) is 0 Å². The molecule has 0 saturated heterocycles. The van der Waals surface area contributed by atoms with E-state index in [0.29, 0.717) is 12.0 Å². The van der Waals surface area contributed by atoms with Crippen molar-refractivity contribution in [2.45, 2.75) is 19.3 Å². The van der Waals surface area contributed by atoms with Crippen LogP contribution in [0, 0.1) is 0 Å². The summed E-state index contributed by atoms with van der Waals surface area (Å²) in [6, 6.07) is 6.92. The van der Waals surface area contributed by atoms with Crippen LogP contribution in [0.5, 0.6) is 0 Å². The smallest absolute Gasteiger partial charge is 0.322 e. The lowest BCUT2D eigenvalue weighted by atomic mass is 10.1. The van der Waals surface area contributed by atoms with Gasteiger partial charge in [0.25, 0.3) is 5.91 Å². The second-order valence-corrected chi connectivity index (χ2v) is 5.28. The van der Waals surface area contributed by atoms with E-state index in [1.54, 1.807) is 37.2 Å². The Balaban J connectivity index is 2.50. The molecule has 0 unspecified atom stereocenters. The summed E-state index contributed by atoms with van der Waals surface area (Å²) in [6.07, 6.45) is 5.89. The Morgan fingerprint density at radius 1 is 1.26 bits per heavy atom. The van der Waals surface area contributed by atoms with Crippen LogP contribution in [-0.4, -0.2) is 48.4 Å². The Kier molecular flexibility index (Phi) is 7.53. The summed E-state index contributed by atoms with van der Waals surface area (Å²) in [5.41, 5.74) is 1.27. The number of rotatable bonds is 8. The number of nitrogens with one attached hydrogen (secondary N) is 1. The summed E-state index contributed by atoms with van der Waals surface area (Å²) in [7, 11) is 3.47. The minimum Gasteiger partial charge on any atom is -0.480 e. The van der Waals surface area contributed by atoms with Gasteiger partial charge in [-0.3, -0.25) is 14.4 Å². The van der Waals surface area contributed by atoms with E-state index in [1.807, 2.05) is 18.2 Å². The number of carbonyl (C=O) groups excluding carboxylic acids is 2. The molecule has 0 atom stereocenters. The van der Waals surface area contributed by atoms with E-state index in [-0.39, 0.29) is 5.91 Å². The molecule has 0 fully saturated rings. The third-order valence-electron chi connectivity index (χ3n) is 3.12. The van der Waals surface area contributed by atoms with Crippen LogP contribution in [-0.2, 0) is 9.59 Å². The molecule has 0 spiro atoms. The lowest BCUT2D eigenvalue weighted by Crippen LogP contribution is -2.29. The van der Waals surface area contributed by atoms with Gasteiger partial charge in [0.15, 0.2) is 0 Å². The molecule has 0 saturated carbocycles. The first-order chi connectivity index (χ1) is 10.9. The van der Waals surface area contributed by atoms with Crippen LogP contribution in [0.2, 0.25) is 0 Å². The quantitative estimate of drug-likeness (QED) is 0.715. The van der Waals surface area contributed by atoms with Crippen LogP contribution in [0.4, 0.5) is 0 Å². The Labute approximate surface area is 135 Å². The lowest BCUT2D eigenvalue weighted by Gasteiger charge is -2.08. The second kappa shape index (κ2) is 9.40. The van der Waals surface area contributed by atoms with Crippen LogP contribution in [0.3, 0.4) is 0 Å². The number of allylic oxidation sites excluding steroid dienone is 1. The van der Waals surface area contributed by atoms with Crippen molar-refractivity contribution in [2.24, 2.45) is 0 Å². The molecule has 0 aliphatic carbocycles. The number of hydrogen-bond acceptors (Lipinski definition) is 3. The third-order valence-corrected chi connectivity index (χ3v) is 3.12. The van der Waals surface area contributed by atoms with Gasteiger partial charge in [0, 0.05) is 26.1 Å². The Morgan fingerprint density at radius 3 is 2.65 bits per heavy atom. The van der Waals surface area contributed by atoms with Gasteiger partial charge in [-0.05, 0) is 30.5 Å². The molecule has 0 bridgehead atoms. The Hall–Kier alpha value is -2.63. The fourth-order valence-corrected chi connectivity index (χ4v) is 1.86. The van der Waals surface area contributed by atoms with Crippen molar-refractivity contribution >= 4 is 23.9 Å². The van der Waals surface area contributed by atoms with Crippen molar-refractivity contribution in [3.63, 3.8) is 0 Å². The average molecular weight is 318 g/mol. The molecule has 1 rings (SSSR count). The number of unbranched alkanes of at least 4 members (excludes halogenated alkanes) is 1. The number of carboxylic acid groups (broad SMARTS) is 1. The molecule has 6 nitrogen and oxygen atoms in total. The predicted octanol–water partition coefficient (Wildman–Crippen LogP) is 1.77. The highest BCUT2D eigenvalue weighted by Crippen LogP contribution is 2.09. The Bertz CT molecular complexity index is 594. The predicted molar refractivity (Wildman–Crippen MR) is 88.0 cm³/mol. The van der Waals surface area contributed by atoms with Gasteiger partial charge < -0.3 is 15.3 Å². The van der Waals surface area contributed by atoms with Crippen LogP contribution < -0.4 is 5.32 Å². The molecule has 6 heteroatoms. The minimum absolute atomic E-state index is 0.107. The molecule has 0 heterocycles. The van der Waals surface area contributed by atoms with E-state index in [0.717, 1.165) is 18.4 Å². The monoisotopic (exact) mass is 318 g/mol. The molecule has 124 valence electrons. The number of carbonyl (C=O) groups is 3. The molecule has 2 N–H and O–H groups in total. The summed E-state index contributed by atoms with van der Waals surface area (Å²) in [5, 5.41) is 10.9. The van der Waals surface area contributed by atoms with Crippen molar-refractivity contribution < 1.29 is 19.5 Å². The van der Waals surface area contributed by atoms with E-state index < -0.39 is 18.4 Å². The first-order valence-corrected chi connectivity index (χ1v) is 7.37. The molecule has 0 aromatic heterocycles. The van der Waals surface area contributed by atoms with Crippen molar-refractivity contribution in [1.82, 2.24) is 10.2 Å². The first kappa shape index (κ1) is 18.4. The maximum absolute atomic E-state index is 11.8. The number of nitrogens with zero attached hydrogens (tertiary/aromatic N) is 1. The van der Waals surface area contributed by atoms with Crippen molar-refractivity contribution in [1.29, 1.82) is 0 Å². The number of aliphatic carboxylic acids is 1. The molecular formula is C17H22N2O4. The van der Waals surface area contributed by atoms with Crippen molar-refractivity contribution in [3.8, 4) is 0 Å². The van der Waals surface area contributed by atoms with Gasteiger partial charge in [-0.15, -0.1) is 0 Å². The molecule has 23 heavy (non-hydrogen) atoms. The van der Waals surface area contributed by atoms with Crippen LogP contribution in [0.1, 0.15) is 35.2 Å². The lowest BCUT2D eigenvalue weighted by molar-refractivity contribution is -0.135. The topological polar surface area (TPSA) is 86.7 Å². The van der Waals surface area contributed by atoms with Gasteiger partial charge in [-0.1, -0.05) is 24.3 Å². The van der Waals surface area contributed by atoms with E-state index in [9.17, 15) is 14.4 Å². The van der Waals surface area contributed by atoms with E-state index in [4.69, 9.17) is 5.11 Å². The van der Waals surface area contributed by atoms with Crippen LogP contribution in [0.25, 0.3) is 6.08 Å². The van der Waals surface area contributed by atoms with Gasteiger partial charge >= 0.3 is 5.97 Å². The van der Waals surface area contributed by atoms with Gasteiger partial charge in [-0.2, -0.15) is 0 Å². The molecule has 2 amide bonds. The average Bonchev–Trinajstić information content (AvgIpc) is 2.52. The highest BCUT2D eigenvalue weighted by molar-refractivity contribution is 5.96. The molecule has 1 aromatic carbocycles. The molecule has 0 aliphatic rings. The fourth-order valence-electron chi connectivity index (χ4n) is 1.86. The Morgan fingerprint density at radius 2 is 2.00 bits per heavy atom. The normalized spacial score (nSPS) is 10.5. The zero-order valence-electron chi connectivity index (χ0n) is 13.4. The van der Waals surface area contributed by atoms with Crippen molar-refractivity contribution in [2.75, 3.05) is 20.6 Å². The number of benzene rings is 1. The maximum atomic E-state index is 11.8. The second-order valence-electron chi connectivity index (χ2n) is 5.28. The number of amides is 2. The molecule has 0 aliphatic heterocycles.